The Morgan fingerprint density at radius 1 is 1.14 bits per heavy atom. The van der Waals surface area contributed by atoms with E-state index in [2.05, 4.69) is 14.7 Å². The maximum absolute atomic E-state index is 12.2. The summed E-state index contributed by atoms with van der Waals surface area (Å²) >= 11 is 0. The number of aromatic nitrogens is 2. The van der Waals surface area contributed by atoms with E-state index in [4.69, 9.17) is 0 Å². The fourth-order valence-electron chi connectivity index (χ4n) is 2.04. The van der Waals surface area contributed by atoms with Crippen LogP contribution in [0.5, 0.6) is 11.5 Å². The van der Waals surface area contributed by atoms with E-state index < -0.39 is 12.1 Å². The first-order valence-electron chi connectivity index (χ1n) is 6.33. The van der Waals surface area contributed by atoms with Crippen LogP contribution >= 0.6 is 0 Å². The third kappa shape index (κ3) is 3.24. The SMILES string of the molecule is Oc1ccc(OC(F)(F)F)cc1-c1cc(C2CC2)ncn1. The predicted molar refractivity (Wildman–Crippen MR) is 67.8 cm³/mol. The lowest BCUT2D eigenvalue weighted by molar-refractivity contribution is -0.274. The third-order valence-electron chi connectivity index (χ3n) is 3.16. The molecule has 3 rings (SSSR count). The largest absolute Gasteiger partial charge is 0.573 e. The average Bonchev–Trinajstić information content (AvgIpc) is 3.24. The summed E-state index contributed by atoms with van der Waals surface area (Å²) in [5, 5.41) is 9.83. The van der Waals surface area contributed by atoms with Crippen molar-refractivity contribution in [3.05, 3.63) is 36.3 Å². The summed E-state index contributed by atoms with van der Waals surface area (Å²) in [5.41, 5.74) is 1.39. The number of nitrogens with zero attached hydrogens (tertiary/aromatic N) is 2. The molecule has 1 aromatic carbocycles. The van der Waals surface area contributed by atoms with Gasteiger partial charge in [0.15, 0.2) is 0 Å². The second kappa shape index (κ2) is 4.91. The molecule has 1 N–H and O–H groups in total. The van der Waals surface area contributed by atoms with E-state index >= 15 is 0 Å². The van der Waals surface area contributed by atoms with Crippen LogP contribution in [0.1, 0.15) is 24.5 Å². The lowest BCUT2D eigenvalue weighted by Gasteiger charge is -2.11. The number of hydrogen-bond donors (Lipinski definition) is 1. The van der Waals surface area contributed by atoms with Gasteiger partial charge in [0, 0.05) is 17.2 Å². The smallest absolute Gasteiger partial charge is 0.507 e. The molecule has 0 aliphatic heterocycles. The molecule has 0 bridgehead atoms. The van der Waals surface area contributed by atoms with E-state index in [1.165, 1.54) is 6.33 Å². The fourth-order valence-corrected chi connectivity index (χ4v) is 2.04. The number of ether oxygens (including phenoxy) is 1. The topological polar surface area (TPSA) is 55.2 Å². The normalized spacial score (nSPS) is 15.0. The molecule has 1 aliphatic rings. The molecule has 1 aliphatic carbocycles. The number of phenols is 1. The van der Waals surface area contributed by atoms with E-state index in [9.17, 15) is 18.3 Å². The monoisotopic (exact) mass is 296 g/mol. The van der Waals surface area contributed by atoms with Crippen molar-refractivity contribution in [1.29, 1.82) is 0 Å². The highest BCUT2D eigenvalue weighted by molar-refractivity contribution is 5.68. The highest BCUT2D eigenvalue weighted by Gasteiger charge is 2.31. The standard InChI is InChI=1S/C14H11F3N2O2/c15-14(16,17)21-9-3-4-13(20)10(5-9)12-6-11(8-1-2-8)18-7-19-12/h3-8,20H,1-2H2. The van der Waals surface area contributed by atoms with Gasteiger partial charge in [-0.15, -0.1) is 13.2 Å². The minimum Gasteiger partial charge on any atom is -0.507 e. The number of hydrogen-bond acceptors (Lipinski definition) is 4. The van der Waals surface area contributed by atoms with Crippen LogP contribution in [0.3, 0.4) is 0 Å². The molecule has 2 aromatic rings. The van der Waals surface area contributed by atoms with Crippen molar-refractivity contribution < 1.29 is 23.0 Å². The number of phenolic OH excluding ortho intramolecular Hbond substituents is 1. The maximum Gasteiger partial charge on any atom is 0.573 e. The predicted octanol–water partition coefficient (Wildman–Crippen LogP) is 3.63. The van der Waals surface area contributed by atoms with Gasteiger partial charge in [0.2, 0.25) is 0 Å². The minimum atomic E-state index is -4.78. The zero-order chi connectivity index (χ0) is 15.0. The summed E-state index contributed by atoms with van der Waals surface area (Å²) in [4.78, 5) is 8.14. The molecule has 0 saturated heterocycles. The van der Waals surface area contributed by atoms with Crippen molar-refractivity contribution >= 4 is 0 Å². The summed E-state index contributed by atoms with van der Waals surface area (Å²) in [6.07, 6.45) is -1.35. The quantitative estimate of drug-likeness (QED) is 0.939. The molecular weight excluding hydrogens is 285 g/mol. The number of rotatable bonds is 3. The van der Waals surface area contributed by atoms with Crippen LogP contribution in [0.15, 0.2) is 30.6 Å². The van der Waals surface area contributed by atoms with Gasteiger partial charge < -0.3 is 9.84 Å². The third-order valence-corrected chi connectivity index (χ3v) is 3.16. The van der Waals surface area contributed by atoms with Crippen molar-refractivity contribution in [1.82, 2.24) is 9.97 Å². The molecular formula is C14H11F3N2O2. The van der Waals surface area contributed by atoms with Gasteiger partial charge in [-0.25, -0.2) is 9.97 Å². The Balaban J connectivity index is 1.97. The molecule has 1 fully saturated rings. The van der Waals surface area contributed by atoms with Gasteiger partial charge in [-0.3, -0.25) is 0 Å². The Labute approximate surface area is 118 Å². The van der Waals surface area contributed by atoms with Crippen LogP contribution in [-0.2, 0) is 0 Å². The molecule has 1 heterocycles. The summed E-state index contributed by atoms with van der Waals surface area (Å²) < 4.78 is 40.6. The van der Waals surface area contributed by atoms with Crippen molar-refractivity contribution in [3.63, 3.8) is 0 Å². The van der Waals surface area contributed by atoms with Crippen molar-refractivity contribution in [2.75, 3.05) is 0 Å². The van der Waals surface area contributed by atoms with E-state index in [1.54, 1.807) is 6.07 Å². The Bertz CT molecular complexity index is 670. The van der Waals surface area contributed by atoms with Crippen molar-refractivity contribution in [2.45, 2.75) is 25.1 Å². The molecule has 0 spiro atoms. The Hall–Kier alpha value is -2.31. The van der Waals surface area contributed by atoms with Gasteiger partial charge in [-0.2, -0.15) is 0 Å². The second-order valence-electron chi connectivity index (χ2n) is 4.83. The second-order valence-corrected chi connectivity index (χ2v) is 4.83. The highest BCUT2D eigenvalue weighted by Crippen LogP contribution is 2.40. The van der Waals surface area contributed by atoms with Gasteiger partial charge in [-0.1, -0.05) is 0 Å². The van der Waals surface area contributed by atoms with Crippen LogP contribution in [0.25, 0.3) is 11.3 Å². The summed E-state index contributed by atoms with van der Waals surface area (Å²) in [7, 11) is 0. The number of alkyl halides is 3. The van der Waals surface area contributed by atoms with Crippen LogP contribution in [0.2, 0.25) is 0 Å². The molecule has 7 heteroatoms. The van der Waals surface area contributed by atoms with E-state index in [0.29, 0.717) is 11.6 Å². The molecule has 1 saturated carbocycles. The molecule has 0 amide bonds. The highest BCUT2D eigenvalue weighted by atomic mass is 19.4. The number of aromatic hydroxyl groups is 1. The van der Waals surface area contributed by atoms with Gasteiger partial charge in [0.05, 0.1) is 5.69 Å². The van der Waals surface area contributed by atoms with Gasteiger partial charge in [0.1, 0.15) is 17.8 Å². The molecule has 0 atom stereocenters. The Kier molecular flexibility index (Phi) is 3.19. The zero-order valence-electron chi connectivity index (χ0n) is 10.8. The molecule has 110 valence electrons. The summed E-state index contributed by atoms with van der Waals surface area (Å²) in [6, 6.07) is 5.00. The molecule has 21 heavy (non-hydrogen) atoms. The van der Waals surface area contributed by atoms with E-state index in [0.717, 1.165) is 36.7 Å². The van der Waals surface area contributed by atoms with Gasteiger partial charge >= 0.3 is 6.36 Å². The van der Waals surface area contributed by atoms with E-state index in [-0.39, 0.29) is 11.3 Å². The minimum absolute atomic E-state index is 0.162. The van der Waals surface area contributed by atoms with Crippen molar-refractivity contribution in [2.24, 2.45) is 0 Å². The first-order valence-corrected chi connectivity index (χ1v) is 6.33. The van der Waals surface area contributed by atoms with Gasteiger partial charge in [-0.05, 0) is 37.1 Å². The summed E-state index contributed by atoms with van der Waals surface area (Å²) in [6.45, 7) is 0. The lowest BCUT2D eigenvalue weighted by Crippen LogP contribution is -2.17. The first-order chi connectivity index (χ1) is 9.92. The average molecular weight is 296 g/mol. The number of benzene rings is 1. The van der Waals surface area contributed by atoms with Crippen LogP contribution in [0, 0.1) is 0 Å². The lowest BCUT2D eigenvalue weighted by atomic mass is 10.1. The first kappa shape index (κ1) is 13.7. The molecule has 4 nitrogen and oxygen atoms in total. The maximum atomic E-state index is 12.2. The fraction of sp³-hybridized carbons (Fsp3) is 0.286. The van der Waals surface area contributed by atoms with E-state index in [1.807, 2.05) is 0 Å². The van der Waals surface area contributed by atoms with Crippen LogP contribution in [0.4, 0.5) is 13.2 Å². The zero-order valence-corrected chi connectivity index (χ0v) is 10.8. The molecule has 1 aromatic heterocycles. The van der Waals surface area contributed by atoms with Gasteiger partial charge in [0.25, 0.3) is 0 Å². The Morgan fingerprint density at radius 2 is 1.90 bits per heavy atom. The molecule has 0 unspecified atom stereocenters. The van der Waals surface area contributed by atoms with Crippen molar-refractivity contribution in [3.8, 4) is 22.8 Å². The van der Waals surface area contributed by atoms with Crippen LogP contribution in [-0.4, -0.2) is 21.4 Å². The molecule has 0 radical (unpaired) electrons. The number of halogens is 3. The Morgan fingerprint density at radius 3 is 2.57 bits per heavy atom. The summed E-state index contributed by atoms with van der Waals surface area (Å²) in [5.74, 6) is -0.185. The van der Waals surface area contributed by atoms with Crippen LogP contribution < -0.4 is 4.74 Å².